The Balaban J connectivity index is 2.71. The van der Waals surface area contributed by atoms with E-state index in [1.165, 1.54) is 25.7 Å². The molecule has 5 unspecified atom stereocenters. The van der Waals surface area contributed by atoms with Crippen LogP contribution in [0.3, 0.4) is 0 Å². The molecule has 1 aliphatic carbocycles. The summed E-state index contributed by atoms with van der Waals surface area (Å²) >= 11 is 0. The summed E-state index contributed by atoms with van der Waals surface area (Å²) < 4.78 is 5.37. The first-order chi connectivity index (χ1) is 17.4. The van der Waals surface area contributed by atoms with Crippen LogP contribution in [-0.4, -0.2) is 45.8 Å². The van der Waals surface area contributed by atoms with Gasteiger partial charge in [-0.3, -0.25) is 0 Å². The van der Waals surface area contributed by atoms with E-state index in [1.807, 2.05) is 59.8 Å². The fourth-order valence-electron chi connectivity index (χ4n) is 5.71. The second-order valence-electron chi connectivity index (χ2n) is 11.5. The van der Waals surface area contributed by atoms with E-state index in [1.54, 1.807) is 12.2 Å². The summed E-state index contributed by atoms with van der Waals surface area (Å²) in [5.41, 5.74) is 6.38. The number of amides is 1. The molecule has 0 spiro atoms. The maximum atomic E-state index is 11.5. The molecule has 0 saturated heterocycles. The van der Waals surface area contributed by atoms with Crippen LogP contribution in [0.25, 0.3) is 0 Å². The van der Waals surface area contributed by atoms with Gasteiger partial charge in [-0.25, -0.2) is 4.79 Å². The van der Waals surface area contributed by atoms with E-state index in [2.05, 4.69) is 12.7 Å². The van der Waals surface area contributed by atoms with Crippen LogP contribution in [0.1, 0.15) is 80.1 Å². The van der Waals surface area contributed by atoms with Gasteiger partial charge >= 0.3 is 6.09 Å². The van der Waals surface area contributed by atoms with Crippen LogP contribution in [0, 0.1) is 35.5 Å². The van der Waals surface area contributed by atoms with Crippen LogP contribution in [0.15, 0.2) is 48.6 Å². The first kappa shape index (κ1) is 33.1. The Morgan fingerprint density at radius 2 is 1.59 bits per heavy atom. The zero-order valence-electron chi connectivity index (χ0n) is 23.9. The van der Waals surface area contributed by atoms with Gasteiger partial charge in [0.15, 0.2) is 0 Å². The molecule has 5 N–H and O–H groups in total. The number of allylic oxidation sites excluding steroid dienone is 3. The van der Waals surface area contributed by atoms with Crippen molar-refractivity contribution in [3.05, 3.63) is 48.6 Å². The normalized spacial score (nSPS) is 22.8. The second kappa shape index (κ2) is 16.8. The number of hydrogen-bond donors (Lipinski definition) is 4. The summed E-state index contributed by atoms with van der Waals surface area (Å²) in [6, 6.07) is 0. The van der Waals surface area contributed by atoms with E-state index in [0.717, 1.165) is 12.0 Å². The molecule has 1 aliphatic rings. The third-order valence-corrected chi connectivity index (χ3v) is 7.92. The second-order valence-corrected chi connectivity index (χ2v) is 11.5. The standard InChI is InChI=1S/C31H53NO5/c1-8-9-12-22(4)30(37-31(32)36)25(7)29(35)24(6)18-20(2)17-23(5)28(34)21(3)15-16-27(33)19-26-13-10-11-14-26/h8-9,12,15-17,21-30,33-35H,1,10-11,13-14,18-19H2,2-7H3,(H2,32,36)/b12-9-,16-15-,20-17-/t21-,22-,23-,24?,25?,27?,28-,29?,30?/m0/s1. The molecule has 0 aromatic heterocycles. The topological polar surface area (TPSA) is 113 Å². The maximum absolute atomic E-state index is 11.5. The monoisotopic (exact) mass is 519 g/mol. The minimum Gasteiger partial charge on any atom is -0.445 e. The molecule has 212 valence electrons. The smallest absolute Gasteiger partial charge is 0.404 e. The van der Waals surface area contributed by atoms with Crippen LogP contribution < -0.4 is 5.73 Å². The summed E-state index contributed by atoms with van der Waals surface area (Å²) in [7, 11) is 0. The molecule has 6 nitrogen and oxygen atoms in total. The van der Waals surface area contributed by atoms with Crippen molar-refractivity contribution < 1.29 is 24.9 Å². The highest BCUT2D eigenvalue weighted by Crippen LogP contribution is 2.30. The van der Waals surface area contributed by atoms with Crippen LogP contribution in [-0.2, 0) is 4.74 Å². The molecular formula is C31H53NO5. The van der Waals surface area contributed by atoms with Gasteiger partial charge in [0.25, 0.3) is 0 Å². The first-order valence-electron chi connectivity index (χ1n) is 14.0. The van der Waals surface area contributed by atoms with Crippen molar-refractivity contribution in [2.24, 2.45) is 41.2 Å². The first-order valence-corrected chi connectivity index (χ1v) is 14.0. The van der Waals surface area contributed by atoms with Gasteiger partial charge in [-0.1, -0.05) is 109 Å². The highest BCUT2D eigenvalue weighted by molar-refractivity contribution is 5.64. The van der Waals surface area contributed by atoms with E-state index in [-0.39, 0.29) is 29.6 Å². The van der Waals surface area contributed by atoms with Crippen molar-refractivity contribution in [2.45, 2.75) is 104 Å². The molecule has 9 atom stereocenters. The number of hydrogen-bond acceptors (Lipinski definition) is 5. The highest BCUT2D eigenvalue weighted by Gasteiger charge is 2.33. The van der Waals surface area contributed by atoms with Crippen molar-refractivity contribution in [3.63, 3.8) is 0 Å². The number of primary amides is 1. The van der Waals surface area contributed by atoms with Crippen molar-refractivity contribution in [2.75, 3.05) is 0 Å². The average Bonchev–Trinajstić information content (AvgIpc) is 3.35. The van der Waals surface area contributed by atoms with Gasteiger partial charge < -0.3 is 25.8 Å². The summed E-state index contributed by atoms with van der Waals surface area (Å²) in [6.45, 7) is 15.4. The van der Waals surface area contributed by atoms with Crippen molar-refractivity contribution in [1.82, 2.24) is 0 Å². The van der Waals surface area contributed by atoms with Gasteiger partial charge in [0.1, 0.15) is 6.10 Å². The molecule has 0 aromatic carbocycles. The van der Waals surface area contributed by atoms with Crippen molar-refractivity contribution >= 4 is 6.09 Å². The quantitative estimate of drug-likeness (QED) is 0.149. The van der Waals surface area contributed by atoms with E-state index in [0.29, 0.717) is 12.3 Å². The lowest BCUT2D eigenvalue weighted by atomic mass is 9.81. The van der Waals surface area contributed by atoms with E-state index in [4.69, 9.17) is 10.5 Å². The molecule has 1 rings (SSSR count). The molecule has 37 heavy (non-hydrogen) atoms. The Hall–Kier alpha value is -1.89. The molecule has 0 bridgehead atoms. The fraction of sp³-hybridized carbons (Fsp3) is 0.710. The molecule has 0 aromatic rings. The predicted octanol–water partition coefficient (Wildman–Crippen LogP) is 5.93. The molecule has 0 radical (unpaired) electrons. The molecule has 0 heterocycles. The third-order valence-electron chi connectivity index (χ3n) is 7.92. The number of ether oxygens (including phenoxy) is 1. The summed E-state index contributed by atoms with van der Waals surface area (Å²) in [6.07, 6.45) is 14.4. The molecule has 1 amide bonds. The van der Waals surface area contributed by atoms with E-state index < -0.39 is 30.5 Å². The Morgan fingerprint density at radius 3 is 2.16 bits per heavy atom. The lowest BCUT2D eigenvalue weighted by Gasteiger charge is -2.33. The molecular weight excluding hydrogens is 466 g/mol. The van der Waals surface area contributed by atoms with Gasteiger partial charge in [-0.15, -0.1) is 0 Å². The number of rotatable bonds is 16. The summed E-state index contributed by atoms with van der Waals surface area (Å²) in [5, 5.41) is 32.3. The zero-order valence-corrected chi connectivity index (χ0v) is 23.9. The van der Waals surface area contributed by atoms with E-state index in [9.17, 15) is 20.1 Å². The zero-order chi connectivity index (χ0) is 28.1. The molecule has 0 aliphatic heterocycles. The van der Waals surface area contributed by atoms with Gasteiger partial charge in [0, 0.05) is 23.7 Å². The van der Waals surface area contributed by atoms with Gasteiger partial charge in [0.2, 0.25) is 0 Å². The highest BCUT2D eigenvalue weighted by atomic mass is 16.6. The van der Waals surface area contributed by atoms with Crippen LogP contribution in [0.5, 0.6) is 0 Å². The van der Waals surface area contributed by atoms with Crippen molar-refractivity contribution in [3.8, 4) is 0 Å². The molecule has 1 saturated carbocycles. The minimum atomic E-state index is -0.858. The number of carbonyl (C=O) groups is 1. The van der Waals surface area contributed by atoms with Gasteiger partial charge in [-0.05, 0) is 31.6 Å². The lowest BCUT2D eigenvalue weighted by Crippen LogP contribution is -2.41. The Morgan fingerprint density at radius 1 is 0.973 bits per heavy atom. The van der Waals surface area contributed by atoms with Crippen LogP contribution >= 0.6 is 0 Å². The van der Waals surface area contributed by atoms with Gasteiger partial charge in [-0.2, -0.15) is 0 Å². The maximum Gasteiger partial charge on any atom is 0.404 e. The van der Waals surface area contributed by atoms with Gasteiger partial charge in [0.05, 0.1) is 18.3 Å². The fourth-order valence-corrected chi connectivity index (χ4v) is 5.71. The third kappa shape index (κ3) is 12.0. The molecule has 6 heteroatoms. The summed E-state index contributed by atoms with van der Waals surface area (Å²) in [5.74, 6) is -0.105. The minimum absolute atomic E-state index is 0.0802. The van der Waals surface area contributed by atoms with E-state index >= 15 is 0 Å². The average molecular weight is 520 g/mol. The number of aliphatic hydroxyl groups excluding tert-OH is 3. The SMILES string of the molecule is C=C/C=C\[C@H](C)C(OC(N)=O)C(C)C(O)C(C)C/C(C)=C\[C@H](C)[C@@H](O)[C@@H](C)/C=C\C(O)CC1CCCC1. The van der Waals surface area contributed by atoms with Crippen LogP contribution in [0.4, 0.5) is 4.79 Å². The number of nitrogens with two attached hydrogens (primary N) is 1. The van der Waals surface area contributed by atoms with Crippen molar-refractivity contribution in [1.29, 1.82) is 0 Å². The molecule has 1 fully saturated rings. The Kier molecular flexibility index (Phi) is 15.1. The number of aliphatic hydroxyl groups is 3. The van der Waals surface area contributed by atoms with Crippen LogP contribution in [0.2, 0.25) is 0 Å². The number of carbonyl (C=O) groups excluding carboxylic acids is 1. The summed E-state index contributed by atoms with van der Waals surface area (Å²) in [4.78, 5) is 11.5. The Labute approximate surface area is 225 Å². The largest absolute Gasteiger partial charge is 0.445 e. The Bertz CT molecular complexity index is 770. The predicted molar refractivity (Wildman–Crippen MR) is 152 cm³/mol. The lowest BCUT2D eigenvalue weighted by molar-refractivity contribution is -0.0266.